The van der Waals surface area contributed by atoms with Crippen LogP contribution in [-0.4, -0.2) is 61.2 Å². The second-order valence-electron chi connectivity index (χ2n) is 6.13. The molecule has 19 heavy (non-hydrogen) atoms. The highest BCUT2D eigenvalue weighted by atomic mass is 15.2. The van der Waals surface area contributed by atoms with Crippen molar-refractivity contribution in [3.63, 3.8) is 0 Å². The predicted molar refractivity (Wildman–Crippen MR) is 77.9 cm³/mol. The van der Waals surface area contributed by atoms with Gasteiger partial charge in [0.1, 0.15) is 0 Å². The Kier molecular flexibility index (Phi) is 5.62. The van der Waals surface area contributed by atoms with E-state index in [2.05, 4.69) is 35.2 Å². The molecule has 0 bridgehead atoms. The van der Waals surface area contributed by atoms with Gasteiger partial charge in [-0.2, -0.15) is 5.26 Å². The van der Waals surface area contributed by atoms with Crippen LogP contribution >= 0.6 is 0 Å². The molecule has 0 amide bonds. The summed E-state index contributed by atoms with van der Waals surface area (Å²) < 4.78 is 0. The molecule has 1 heterocycles. The van der Waals surface area contributed by atoms with Crippen LogP contribution in [0.15, 0.2) is 0 Å². The minimum Gasteiger partial charge on any atom is -0.305 e. The zero-order valence-electron chi connectivity index (χ0n) is 12.4. The fourth-order valence-corrected chi connectivity index (χ4v) is 2.99. The molecule has 0 spiro atoms. The molecule has 2 atom stereocenters. The van der Waals surface area contributed by atoms with Gasteiger partial charge in [-0.05, 0) is 52.2 Å². The second kappa shape index (κ2) is 7.23. The molecule has 1 aliphatic heterocycles. The first-order chi connectivity index (χ1) is 9.22. The molecular weight excluding hydrogens is 236 g/mol. The summed E-state index contributed by atoms with van der Waals surface area (Å²) >= 11 is 0. The molecule has 2 rings (SSSR count). The van der Waals surface area contributed by atoms with E-state index in [1.165, 1.54) is 45.3 Å². The minimum absolute atomic E-state index is 0.0472. The Morgan fingerprint density at radius 1 is 1.37 bits per heavy atom. The Hall–Kier alpha value is -0.630. The highest BCUT2D eigenvalue weighted by molar-refractivity contribution is 4.96. The van der Waals surface area contributed by atoms with Gasteiger partial charge in [0.05, 0.1) is 12.1 Å². The van der Waals surface area contributed by atoms with Crippen LogP contribution in [0.4, 0.5) is 0 Å². The van der Waals surface area contributed by atoms with E-state index in [0.29, 0.717) is 12.1 Å². The molecule has 1 saturated heterocycles. The summed E-state index contributed by atoms with van der Waals surface area (Å²) in [5.74, 6) is 0. The van der Waals surface area contributed by atoms with E-state index in [1.54, 1.807) is 0 Å². The Balaban J connectivity index is 1.79. The molecule has 2 unspecified atom stereocenters. The summed E-state index contributed by atoms with van der Waals surface area (Å²) in [7, 11) is 2.22. The van der Waals surface area contributed by atoms with Gasteiger partial charge >= 0.3 is 0 Å². The van der Waals surface area contributed by atoms with E-state index in [-0.39, 0.29) is 6.04 Å². The second-order valence-corrected chi connectivity index (χ2v) is 6.13. The van der Waals surface area contributed by atoms with Crippen molar-refractivity contribution >= 4 is 0 Å². The molecule has 1 N–H and O–H groups in total. The maximum Gasteiger partial charge on any atom is 0.0967 e. The number of hydrogen-bond donors (Lipinski definition) is 1. The number of hydrogen-bond acceptors (Lipinski definition) is 4. The van der Waals surface area contributed by atoms with E-state index in [1.807, 2.05) is 0 Å². The molecule has 4 heteroatoms. The molecule has 2 aliphatic rings. The zero-order valence-corrected chi connectivity index (χ0v) is 12.4. The summed E-state index contributed by atoms with van der Waals surface area (Å²) in [5, 5.41) is 12.7. The van der Waals surface area contributed by atoms with Crippen molar-refractivity contribution in [2.75, 3.05) is 33.2 Å². The lowest BCUT2D eigenvalue weighted by Crippen LogP contribution is -2.42. The zero-order chi connectivity index (χ0) is 13.7. The lowest BCUT2D eigenvalue weighted by atomic mass is 10.1. The summed E-state index contributed by atoms with van der Waals surface area (Å²) in [6.45, 7) is 6.90. The molecule has 2 fully saturated rings. The third kappa shape index (κ3) is 4.76. The quantitative estimate of drug-likeness (QED) is 0.788. The van der Waals surface area contributed by atoms with E-state index in [0.717, 1.165) is 13.0 Å². The average molecular weight is 264 g/mol. The molecule has 1 aliphatic carbocycles. The van der Waals surface area contributed by atoms with Crippen LogP contribution in [0.25, 0.3) is 0 Å². The highest BCUT2D eigenvalue weighted by Gasteiger charge is 2.26. The van der Waals surface area contributed by atoms with E-state index in [4.69, 9.17) is 0 Å². The summed E-state index contributed by atoms with van der Waals surface area (Å²) in [6, 6.07) is 3.76. The van der Waals surface area contributed by atoms with Crippen LogP contribution in [-0.2, 0) is 0 Å². The summed E-state index contributed by atoms with van der Waals surface area (Å²) in [5.41, 5.74) is 0. The SMILES string of the molecule is CCC1CN(C)CCCN1CCC(C#N)NC1CC1. The van der Waals surface area contributed by atoms with Crippen molar-refractivity contribution in [2.24, 2.45) is 0 Å². The van der Waals surface area contributed by atoms with E-state index in [9.17, 15) is 5.26 Å². The largest absolute Gasteiger partial charge is 0.305 e. The molecule has 1 saturated carbocycles. The summed E-state index contributed by atoms with van der Waals surface area (Å²) in [6.07, 6.45) is 5.93. The number of nitrogens with zero attached hydrogens (tertiary/aromatic N) is 3. The van der Waals surface area contributed by atoms with Gasteiger partial charge in [-0.15, -0.1) is 0 Å². The van der Waals surface area contributed by atoms with Crippen LogP contribution in [0.5, 0.6) is 0 Å². The maximum absolute atomic E-state index is 9.21. The molecule has 0 radical (unpaired) electrons. The molecular formula is C15H28N4. The minimum atomic E-state index is 0.0472. The van der Waals surface area contributed by atoms with Gasteiger partial charge in [0, 0.05) is 25.2 Å². The van der Waals surface area contributed by atoms with E-state index >= 15 is 0 Å². The van der Waals surface area contributed by atoms with Crippen molar-refractivity contribution < 1.29 is 0 Å². The van der Waals surface area contributed by atoms with Crippen molar-refractivity contribution in [3.8, 4) is 6.07 Å². The van der Waals surface area contributed by atoms with Gasteiger partial charge in [0.2, 0.25) is 0 Å². The Labute approximate surface area is 117 Å². The van der Waals surface area contributed by atoms with Crippen molar-refractivity contribution in [2.45, 2.75) is 57.2 Å². The molecule has 0 aromatic rings. The van der Waals surface area contributed by atoms with Crippen LogP contribution in [0.1, 0.15) is 39.0 Å². The van der Waals surface area contributed by atoms with Crippen LogP contribution < -0.4 is 5.32 Å². The fourth-order valence-electron chi connectivity index (χ4n) is 2.99. The predicted octanol–water partition coefficient (Wildman–Crippen LogP) is 1.44. The normalized spacial score (nSPS) is 27.7. The van der Waals surface area contributed by atoms with Gasteiger partial charge in [-0.3, -0.25) is 10.2 Å². The smallest absolute Gasteiger partial charge is 0.0967 e. The third-order valence-corrected chi connectivity index (χ3v) is 4.37. The van der Waals surface area contributed by atoms with Crippen molar-refractivity contribution in [3.05, 3.63) is 0 Å². The highest BCUT2D eigenvalue weighted by Crippen LogP contribution is 2.20. The lowest BCUT2D eigenvalue weighted by molar-refractivity contribution is 0.178. The summed E-state index contributed by atoms with van der Waals surface area (Å²) in [4.78, 5) is 5.04. The standard InChI is InChI=1S/C15H28N4/c1-3-15-12-18(2)8-4-9-19(15)10-7-14(11-16)17-13-5-6-13/h13-15,17H,3-10,12H2,1-2H3. The Bertz CT molecular complexity index is 308. The first-order valence-corrected chi connectivity index (χ1v) is 7.81. The van der Waals surface area contributed by atoms with Crippen molar-refractivity contribution in [1.29, 1.82) is 5.26 Å². The molecule has 108 valence electrons. The maximum atomic E-state index is 9.21. The number of nitriles is 1. The molecule has 4 nitrogen and oxygen atoms in total. The molecule has 0 aromatic carbocycles. The fraction of sp³-hybridized carbons (Fsp3) is 0.933. The van der Waals surface area contributed by atoms with Crippen molar-refractivity contribution in [1.82, 2.24) is 15.1 Å². The van der Waals surface area contributed by atoms with Crippen LogP contribution in [0.3, 0.4) is 0 Å². The van der Waals surface area contributed by atoms with Gasteiger partial charge in [-0.25, -0.2) is 0 Å². The van der Waals surface area contributed by atoms with Crippen LogP contribution in [0, 0.1) is 11.3 Å². The van der Waals surface area contributed by atoms with E-state index < -0.39 is 0 Å². The first-order valence-electron chi connectivity index (χ1n) is 7.81. The Morgan fingerprint density at radius 3 is 2.79 bits per heavy atom. The van der Waals surface area contributed by atoms with Gasteiger partial charge < -0.3 is 4.90 Å². The topological polar surface area (TPSA) is 42.3 Å². The first kappa shape index (κ1) is 14.8. The van der Waals surface area contributed by atoms with Crippen LogP contribution in [0.2, 0.25) is 0 Å². The van der Waals surface area contributed by atoms with Gasteiger partial charge in [0.25, 0.3) is 0 Å². The molecule has 0 aromatic heterocycles. The third-order valence-electron chi connectivity index (χ3n) is 4.37. The Morgan fingerprint density at radius 2 is 2.16 bits per heavy atom. The van der Waals surface area contributed by atoms with Gasteiger partial charge in [0.15, 0.2) is 0 Å². The number of rotatable bonds is 6. The lowest BCUT2D eigenvalue weighted by Gasteiger charge is -2.30. The average Bonchev–Trinajstić information content (AvgIpc) is 3.22. The van der Waals surface area contributed by atoms with Gasteiger partial charge in [-0.1, -0.05) is 6.92 Å². The number of nitrogens with one attached hydrogen (secondary N) is 1. The number of likely N-dealkylation sites (N-methyl/N-ethyl adjacent to an activating group) is 1. The monoisotopic (exact) mass is 264 g/mol.